The molecule has 7 nitrogen and oxygen atoms in total. The van der Waals surface area contributed by atoms with Crippen LogP contribution in [-0.4, -0.2) is 39.6 Å². The molecule has 0 unspecified atom stereocenters. The van der Waals surface area contributed by atoms with Gasteiger partial charge in [-0.2, -0.15) is 0 Å². The van der Waals surface area contributed by atoms with Crippen LogP contribution in [-0.2, 0) is 14.8 Å². The van der Waals surface area contributed by atoms with Crippen LogP contribution in [0.4, 0.5) is 5.69 Å². The van der Waals surface area contributed by atoms with Crippen molar-refractivity contribution in [3.63, 3.8) is 0 Å². The van der Waals surface area contributed by atoms with E-state index in [1.807, 2.05) is 18.2 Å². The number of carbonyl (C=O) groups excluding carboxylic acids is 1. The Morgan fingerprint density at radius 1 is 1.07 bits per heavy atom. The van der Waals surface area contributed by atoms with E-state index in [0.29, 0.717) is 11.3 Å². The highest BCUT2D eigenvalue weighted by molar-refractivity contribution is 7.89. The quantitative estimate of drug-likeness (QED) is 0.609. The van der Waals surface area contributed by atoms with Crippen molar-refractivity contribution >= 4 is 32.5 Å². The minimum absolute atomic E-state index is 0.0875. The summed E-state index contributed by atoms with van der Waals surface area (Å²) in [5, 5.41) is 3.67. The molecule has 0 saturated heterocycles. The number of nitrogens with one attached hydrogen (secondary N) is 2. The predicted octanol–water partition coefficient (Wildman–Crippen LogP) is 2.41. The molecule has 0 saturated carbocycles. The maximum absolute atomic E-state index is 12.5. The van der Waals surface area contributed by atoms with Gasteiger partial charge in [-0.1, -0.05) is 6.07 Å². The first-order valence-corrected chi connectivity index (χ1v) is 9.73. The molecule has 0 atom stereocenters. The van der Waals surface area contributed by atoms with Crippen LogP contribution in [0.2, 0.25) is 0 Å². The summed E-state index contributed by atoms with van der Waals surface area (Å²) in [6.07, 6.45) is 1.69. The molecule has 0 bridgehead atoms. The molecule has 0 aliphatic heterocycles. The molecule has 2 aromatic carbocycles. The molecular formula is C19H19N3O4S. The topological polar surface area (TPSA) is 97.4 Å². The number of pyridine rings is 1. The minimum Gasteiger partial charge on any atom is -0.383 e. The number of rotatable bonds is 7. The average Bonchev–Trinajstić information content (AvgIpc) is 2.68. The van der Waals surface area contributed by atoms with E-state index in [2.05, 4.69) is 15.0 Å². The van der Waals surface area contributed by atoms with Gasteiger partial charge < -0.3 is 10.1 Å². The fourth-order valence-corrected chi connectivity index (χ4v) is 3.57. The first-order valence-electron chi connectivity index (χ1n) is 8.25. The Hall–Kier alpha value is -2.81. The van der Waals surface area contributed by atoms with Crippen LogP contribution in [0.5, 0.6) is 0 Å². The standard InChI is InChI=1S/C19H19N3O4S/c1-26-13-12-21-27(24,25)15-9-7-14(8-10-15)19(23)22-18-6-2-5-17-16(18)4-3-11-20-17/h2-11,21H,12-13H2,1H3,(H,22,23). The van der Waals surface area contributed by atoms with Crippen LogP contribution in [0.1, 0.15) is 10.4 Å². The lowest BCUT2D eigenvalue weighted by molar-refractivity contribution is 0.102. The molecule has 3 aromatic rings. The van der Waals surface area contributed by atoms with Gasteiger partial charge in [0.2, 0.25) is 10.0 Å². The van der Waals surface area contributed by atoms with Crippen LogP contribution < -0.4 is 10.0 Å². The molecule has 8 heteroatoms. The Kier molecular flexibility index (Phi) is 5.80. The zero-order valence-corrected chi connectivity index (χ0v) is 15.5. The van der Waals surface area contributed by atoms with Crippen molar-refractivity contribution in [2.45, 2.75) is 4.90 Å². The molecule has 1 amide bonds. The highest BCUT2D eigenvalue weighted by Crippen LogP contribution is 2.22. The summed E-state index contributed by atoms with van der Waals surface area (Å²) in [5.41, 5.74) is 1.77. The molecule has 0 radical (unpaired) electrons. The van der Waals surface area contributed by atoms with Crippen LogP contribution >= 0.6 is 0 Å². The van der Waals surface area contributed by atoms with Crippen molar-refractivity contribution in [2.75, 3.05) is 25.6 Å². The molecular weight excluding hydrogens is 366 g/mol. The van der Waals surface area contributed by atoms with Crippen molar-refractivity contribution in [1.82, 2.24) is 9.71 Å². The van der Waals surface area contributed by atoms with Gasteiger partial charge in [0.05, 0.1) is 22.7 Å². The maximum Gasteiger partial charge on any atom is 0.255 e. The summed E-state index contributed by atoms with van der Waals surface area (Å²) in [4.78, 5) is 16.9. The van der Waals surface area contributed by atoms with E-state index in [-0.39, 0.29) is 24.0 Å². The van der Waals surface area contributed by atoms with Gasteiger partial charge in [0.1, 0.15) is 0 Å². The zero-order chi connectivity index (χ0) is 19.3. The molecule has 0 aliphatic rings. The van der Waals surface area contributed by atoms with Gasteiger partial charge >= 0.3 is 0 Å². The lowest BCUT2D eigenvalue weighted by Gasteiger charge is -2.09. The summed E-state index contributed by atoms with van der Waals surface area (Å²) >= 11 is 0. The molecule has 0 fully saturated rings. The number of anilines is 1. The molecule has 0 spiro atoms. The largest absolute Gasteiger partial charge is 0.383 e. The van der Waals surface area contributed by atoms with Crippen LogP contribution in [0.15, 0.2) is 65.7 Å². The van der Waals surface area contributed by atoms with Gasteiger partial charge in [-0.05, 0) is 48.5 Å². The van der Waals surface area contributed by atoms with Gasteiger partial charge in [0.25, 0.3) is 5.91 Å². The van der Waals surface area contributed by atoms with Gasteiger partial charge in [0, 0.05) is 30.8 Å². The number of benzene rings is 2. The Labute approximate surface area is 157 Å². The number of carbonyl (C=O) groups is 1. The highest BCUT2D eigenvalue weighted by atomic mass is 32.2. The molecule has 27 heavy (non-hydrogen) atoms. The van der Waals surface area contributed by atoms with E-state index in [4.69, 9.17) is 4.74 Å². The molecule has 2 N–H and O–H groups in total. The van der Waals surface area contributed by atoms with Crippen molar-refractivity contribution in [1.29, 1.82) is 0 Å². The number of hydrogen-bond donors (Lipinski definition) is 2. The second-order valence-electron chi connectivity index (χ2n) is 5.74. The number of methoxy groups -OCH3 is 1. The van der Waals surface area contributed by atoms with Crippen LogP contribution in [0.25, 0.3) is 10.9 Å². The average molecular weight is 385 g/mol. The summed E-state index contributed by atoms with van der Waals surface area (Å²) < 4.78 is 31.6. The molecule has 3 rings (SSSR count). The van der Waals surface area contributed by atoms with E-state index in [1.54, 1.807) is 18.3 Å². The lowest BCUT2D eigenvalue weighted by atomic mass is 10.1. The number of fused-ring (bicyclic) bond motifs is 1. The third-order valence-corrected chi connectivity index (χ3v) is 5.40. The Balaban J connectivity index is 1.76. The number of amides is 1. The zero-order valence-electron chi connectivity index (χ0n) is 14.7. The summed E-state index contributed by atoms with van der Waals surface area (Å²) in [7, 11) is -2.14. The van der Waals surface area contributed by atoms with Crippen molar-refractivity contribution in [3.8, 4) is 0 Å². The van der Waals surface area contributed by atoms with Gasteiger partial charge in [-0.25, -0.2) is 13.1 Å². The Bertz CT molecular complexity index is 1040. The van der Waals surface area contributed by atoms with E-state index in [9.17, 15) is 13.2 Å². The number of nitrogens with zero attached hydrogens (tertiary/aromatic N) is 1. The van der Waals surface area contributed by atoms with Crippen molar-refractivity contribution in [2.24, 2.45) is 0 Å². The lowest BCUT2D eigenvalue weighted by Crippen LogP contribution is -2.27. The van der Waals surface area contributed by atoms with Gasteiger partial charge in [0.15, 0.2) is 0 Å². The van der Waals surface area contributed by atoms with Crippen LogP contribution in [0.3, 0.4) is 0 Å². The minimum atomic E-state index is -3.63. The molecule has 0 aliphatic carbocycles. The number of sulfonamides is 1. The Morgan fingerprint density at radius 3 is 2.59 bits per heavy atom. The fourth-order valence-electron chi connectivity index (χ4n) is 2.55. The maximum atomic E-state index is 12.5. The molecule has 1 aromatic heterocycles. The SMILES string of the molecule is COCCNS(=O)(=O)c1ccc(C(=O)Nc2cccc3ncccc23)cc1. The van der Waals surface area contributed by atoms with Crippen molar-refractivity contribution < 1.29 is 17.9 Å². The third-order valence-electron chi connectivity index (χ3n) is 3.92. The van der Waals surface area contributed by atoms with E-state index >= 15 is 0 Å². The highest BCUT2D eigenvalue weighted by Gasteiger charge is 2.15. The second kappa shape index (κ2) is 8.26. The van der Waals surface area contributed by atoms with E-state index < -0.39 is 10.0 Å². The normalized spacial score (nSPS) is 11.4. The third kappa shape index (κ3) is 4.48. The van der Waals surface area contributed by atoms with Crippen molar-refractivity contribution in [3.05, 3.63) is 66.4 Å². The number of hydrogen-bond acceptors (Lipinski definition) is 5. The smallest absolute Gasteiger partial charge is 0.255 e. The van der Waals surface area contributed by atoms with E-state index in [0.717, 1.165) is 10.9 Å². The molecule has 1 heterocycles. The molecule has 140 valence electrons. The summed E-state index contributed by atoms with van der Waals surface area (Å²) in [6.45, 7) is 0.454. The fraction of sp³-hybridized carbons (Fsp3) is 0.158. The van der Waals surface area contributed by atoms with Gasteiger partial charge in [-0.15, -0.1) is 0 Å². The number of aromatic nitrogens is 1. The first-order chi connectivity index (χ1) is 13.0. The second-order valence-corrected chi connectivity index (χ2v) is 7.51. The monoisotopic (exact) mass is 385 g/mol. The predicted molar refractivity (Wildman–Crippen MR) is 103 cm³/mol. The first kappa shape index (κ1) is 19.0. The summed E-state index contributed by atoms with van der Waals surface area (Å²) in [5.74, 6) is -0.331. The Morgan fingerprint density at radius 2 is 1.85 bits per heavy atom. The van der Waals surface area contributed by atoms with E-state index in [1.165, 1.54) is 31.4 Å². The van der Waals surface area contributed by atoms with Crippen LogP contribution in [0, 0.1) is 0 Å². The number of ether oxygens (including phenoxy) is 1. The summed E-state index contributed by atoms with van der Waals surface area (Å²) in [6, 6.07) is 14.9. The van der Waals surface area contributed by atoms with Gasteiger partial charge in [-0.3, -0.25) is 9.78 Å².